The second-order valence-electron chi connectivity index (χ2n) is 3.38. The van der Waals surface area contributed by atoms with Crippen LogP contribution in [0.3, 0.4) is 0 Å². The standard InChI is InChI=1S/C12H11Cl2NS/c13-9-3-4-11(14)12(8-9)15-6-5-10-2-1-7-16-10/h1-4,7-8,15H,5-6H2. The summed E-state index contributed by atoms with van der Waals surface area (Å²) in [5, 5.41) is 6.77. The fourth-order valence-corrected chi connectivity index (χ4v) is 2.47. The van der Waals surface area contributed by atoms with Gasteiger partial charge in [0.2, 0.25) is 0 Å². The van der Waals surface area contributed by atoms with E-state index < -0.39 is 0 Å². The van der Waals surface area contributed by atoms with Gasteiger partial charge in [0, 0.05) is 16.4 Å². The number of benzene rings is 1. The summed E-state index contributed by atoms with van der Waals surface area (Å²) in [5.74, 6) is 0. The molecule has 1 aromatic heterocycles. The number of rotatable bonds is 4. The Labute approximate surface area is 109 Å². The van der Waals surface area contributed by atoms with E-state index in [-0.39, 0.29) is 0 Å². The maximum atomic E-state index is 6.04. The molecule has 0 fully saturated rings. The highest BCUT2D eigenvalue weighted by Crippen LogP contribution is 2.25. The third kappa shape index (κ3) is 3.14. The number of anilines is 1. The largest absolute Gasteiger partial charge is 0.383 e. The van der Waals surface area contributed by atoms with E-state index in [4.69, 9.17) is 23.2 Å². The van der Waals surface area contributed by atoms with E-state index in [0.29, 0.717) is 10.0 Å². The highest BCUT2D eigenvalue weighted by molar-refractivity contribution is 7.09. The topological polar surface area (TPSA) is 12.0 Å². The molecular weight excluding hydrogens is 261 g/mol. The molecule has 0 aliphatic heterocycles. The molecule has 4 heteroatoms. The Balaban J connectivity index is 1.92. The third-order valence-electron chi connectivity index (χ3n) is 2.20. The minimum atomic E-state index is 0.697. The normalized spacial score (nSPS) is 10.4. The summed E-state index contributed by atoms with van der Waals surface area (Å²) < 4.78 is 0. The summed E-state index contributed by atoms with van der Waals surface area (Å²) in [4.78, 5) is 1.37. The molecule has 0 atom stereocenters. The molecule has 0 saturated heterocycles. The molecule has 0 saturated carbocycles. The van der Waals surface area contributed by atoms with E-state index in [9.17, 15) is 0 Å². The van der Waals surface area contributed by atoms with E-state index in [0.717, 1.165) is 18.7 Å². The van der Waals surface area contributed by atoms with Gasteiger partial charge in [-0.25, -0.2) is 0 Å². The molecule has 1 aromatic carbocycles. The van der Waals surface area contributed by atoms with Crippen LogP contribution in [0.25, 0.3) is 0 Å². The van der Waals surface area contributed by atoms with E-state index in [1.165, 1.54) is 4.88 Å². The van der Waals surface area contributed by atoms with Crippen molar-refractivity contribution in [3.05, 3.63) is 50.6 Å². The van der Waals surface area contributed by atoms with Gasteiger partial charge in [-0.2, -0.15) is 0 Å². The van der Waals surface area contributed by atoms with Crippen LogP contribution in [0.2, 0.25) is 10.0 Å². The lowest BCUT2D eigenvalue weighted by Gasteiger charge is -2.07. The van der Waals surface area contributed by atoms with Crippen LogP contribution >= 0.6 is 34.5 Å². The van der Waals surface area contributed by atoms with Crippen LogP contribution in [-0.4, -0.2) is 6.54 Å². The molecule has 0 aliphatic carbocycles. The number of nitrogens with one attached hydrogen (secondary N) is 1. The van der Waals surface area contributed by atoms with E-state index in [1.807, 2.05) is 6.07 Å². The molecule has 0 unspecified atom stereocenters. The van der Waals surface area contributed by atoms with Gasteiger partial charge in [0.05, 0.1) is 10.7 Å². The Kier molecular flexibility index (Phi) is 4.10. The van der Waals surface area contributed by atoms with Gasteiger partial charge in [-0.1, -0.05) is 29.3 Å². The number of hydrogen-bond donors (Lipinski definition) is 1. The summed E-state index contributed by atoms with van der Waals surface area (Å²) in [6, 6.07) is 9.63. The molecule has 0 amide bonds. The van der Waals surface area contributed by atoms with Crippen molar-refractivity contribution >= 4 is 40.2 Å². The quantitative estimate of drug-likeness (QED) is 0.849. The first kappa shape index (κ1) is 11.8. The Morgan fingerprint density at radius 1 is 1.19 bits per heavy atom. The minimum Gasteiger partial charge on any atom is -0.383 e. The summed E-state index contributed by atoms with van der Waals surface area (Å²) in [7, 11) is 0. The zero-order valence-electron chi connectivity index (χ0n) is 8.54. The molecule has 2 rings (SSSR count). The summed E-state index contributed by atoms with van der Waals surface area (Å²) in [5.41, 5.74) is 0.894. The van der Waals surface area contributed by atoms with Crippen molar-refractivity contribution in [2.24, 2.45) is 0 Å². The Morgan fingerprint density at radius 3 is 2.81 bits per heavy atom. The van der Waals surface area contributed by atoms with Crippen molar-refractivity contribution in [2.45, 2.75) is 6.42 Å². The summed E-state index contributed by atoms with van der Waals surface area (Å²) >= 11 is 13.7. The van der Waals surface area contributed by atoms with Gasteiger partial charge in [-0.15, -0.1) is 11.3 Å². The second kappa shape index (κ2) is 5.58. The molecule has 2 aromatic rings. The highest BCUT2D eigenvalue weighted by atomic mass is 35.5. The zero-order chi connectivity index (χ0) is 11.4. The van der Waals surface area contributed by atoms with Gasteiger partial charge < -0.3 is 5.32 Å². The van der Waals surface area contributed by atoms with E-state index in [2.05, 4.69) is 22.8 Å². The van der Waals surface area contributed by atoms with Crippen molar-refractivity contribution in [3.8, 4) is 0 Å². The maximum absolute atomic E-state index is 6.04. The molecule has 0 radical (unpaired) electrons. The number of halogens is 2. The van der Waals surface area contributed by atoms with Crippen molar-refractivity contribution < 1.29 is 0 Å². The average Bonchev–Trinajstić information content (AvgIpc) is 2.76. The maximum Gasteiger partial charge on any atom is 0.0638 e. The smallest absolute Gasteiger partial charge is 0.0638 e. The Bertz CT molecular complexity index is 454. The summed E-state index contributed by atoms with van der Waals surface area (Å²) in [6.07, 6.45) is 1.00. The van der Waals surface area contributed by atoms with Gasteiger partial charge in [0.25, 0.3) is 0 Å². The molecule has 84 valence electrons. The van der Waals surface area contributed by atoms with Gasteiger partial charge in [-0.05, 0) is 36.1 Å². The molecule has 0 aliphatic rings. The fraction of sp³-hybridized carbons (Fsp3) is 0.167. The number of hydrogen-bond acceptors (Lipinski definition) is 2. The van der Waals surface area contributed by atoms with Crippen molar-refractivity contribution in [1.82, 2.24) is 0 Å². The minimum absolute atomic E-state index is 0.697. The Morgan fingerprint density at radius 2 is 2.06 bits per heavy atom. The first-order valence-electron chi connectivity index (χ1n) is 4.97. The van der Waals surface area contributed by atoms with Crippen LogP contribution in [0, 0.1) is 0 Å². The van der Waals surface area contributed by atoms with Crippen LogP contribution in [0.15, 0.2) is 35.7 Å². The van der Waals surface area contributed by atoms with Crippen molar-refractivity contribution in [2.75, 3.05) is 11.9 Å². The lowest BCUT2D eigenvalue weighted by molar-refractivity contribution is 1.04. The second-order valence-corrected chi connectivity index (χ2v) is 5.26. The number of thiophene rings is 1. The van der Waals surface area contributed by atoms with Crippen LogP contribution in [0.5, 0.6) is 0 Å². The monoisotopic (exact) mass is 271 g/mol. The van der Waals surface area contributed by atoms with E-state index >= 15 is 0 Å². The molecule has 1 heterocycles. The van der Waals surface area contributed by atoms with Gasteiger partial charge in [0.1, 0.15) is 0 Å². The molecular formula is C12H11Cl2NS. The molecule has 16 heavy (non-hydrogen) atoms. The van der Waals surface area contributed by atoms with E-state index in [1.54, 1.807) is 23.5 Å². The van der Waals surface area contributed by atoms with Crippen molar-refractivity contribution in [3.63, 3.8) is 0 Å². The summed E-state index contributed by atoms with van der Waals surface area (Å²) in [6.45, 7) is 0.862. The van der Waals surface area contributed by atoms with Crippen molar-refractivity contribution in [1.29, 1.82) is 0 Å². The lowest BCUT2D eigenvalue weighted by atomic mass is 10.3. The van der Waals surface area contributed by atoms with Gasteiger partial charge >= 0.3 is 0 Å². The SMILES string of the molecule is Clc1ccc(Cl)c(NCCc2cccs2)c1. The predicted molar refractivity (Wildman–Crippen MR) is 73.0 cm³/mol. The van der Waals surface area contributed by atoms with Crippen LogP contribution in [0.1, 0.15) is 4.88 Å². The van der Waals surface area contributed by atoms with Crippen LogP contribution in [-0.2, 0) is 6.42 Å². The molecule has 1 N–H and O–H groups in total. The first-order valence-corrected chi connectivity index (χ1v) is 6.60. The average molecular weight is 272 g/mol. The first-order chi connectivity index (χ1) is 7.75. The van der Waals surface area contributed by atoms with Gasteiger partial charge in [0.15, 0.2) is 0 Å². The zero-order valence-corrected chi connectivity index (χ0v) is 10.9. The molecule has 0 bridgehead atoms. The highest BCUT2D eigenvalue weighted by Gasteiger charge is 2.00. The van der Waals surface area contributed by atoms with Gasteiger partial charge in [-0.3, -0.25) is 0 Å². The van der Waals surface area contributed by atoms with Crippen LogP contribution < -0.4 is 5.32 Å². The lowest BCUT2D eigenvalue weighted by Crippen LogP contribution is -2.04. The fourth-order valence-electron chi connectivity index (χ4n) is 1.41. The Hall–Kier alpha value is -0.700. The predicted octanol–water partition coefficient (Wildman–Crippen LogP) is 4.71. The molecule has 0 spiro atoms. The van der Waals surface area contributed by atoms with Crippen LogP contribution in [0.4, 0.5) is 5.69 Å². The molecule has 1 nitrogen and oxygen atoms in total. The third-order valence-corrected chi connectivity index (χ3v) is 3.70.